The molecule has 1 aliphatic heterocycles. The molecule has 6 nitrogen and oxygen atoms in total. The molecule has 3 aromatic rings. The van der Waals surface area contributed by atoms with Crippen LogP contribution < -0.4 is 5.56 Å². The molecular weight excluding hydrogens is 406 g/mol. The maximum absolute atomic E-state index is 12.7. The summed E-state index contributed by atoms with van der Waals surface area (Å²) in [4.78, 5) is 48.4. The van der Waals surface area contributed by atoms with E-state index in [9.17, 15) is 14.4 Å². The van der Waals surface area contributed by atoms with Crippen molar-refractivity contribution in [3.05, 3.63) is 56.2 Å². The number of thioether (sulfide) groups is 1. The molecule has 29 heavy (non-hydrogen) atoms. The number of carbonyl (C=O) groups is 2. The van der Waals surface area contributed by atoms with E-state index >= 15 is 0 Å². The number of amides is 2. The van der Waals surface area contributed by atoms with Crippen LogP contribution in [0.1, 0.15) is 44.5 Å². The second kappa shape index (κ2) is 7.11. The number of nitrogens with one attached hydrogen (secondary N) is 1. The highest BCUT2D eigenvalue weighted by Gasteiger charge is 2.34. The van der Waals surface area contributed by atoms with Gasteiger partial charge in [-0.2, -0.15) is 0 Å². The number of hydrogen-bond acceptors (Lipinski definition) is 6. The minimum Gasteiger partial charge on any atom is -0.301 e. The van der Waals surface area contributed by atoms with Crippen LogP contribution in [0.3, 0.4) is 0 Å². The Kier molecular flexibility index (Phi) is 4.55. The number of fused-ring (bicyclic) bond motifs is 4. The molecule has 1 unspecified atom stereocenters. The lowest BCUT2D eigenvalue weighted by Crippen LogP contribution is -2.31. The highest BCUT2D eigenvalue weighted by Crippen LogP contribution is 2.36. The van der Waals surface area contributed by atoms with Gasteiger partial charge in [-0.3, -0.25) is 19.3 Å². The van der Waals surface area contributed by atoms with Gasteiger partial charge in [0, 0.05) is 17.2 Å². The molecule has 0 spiro atoms. The lowest BCUT2D eigenvalue weighted by atomic mass is 9.89. The molecular formula is C21H19N3O3S2. The Morgan fingerprint density at radius 1 is 1.21 bits per heavy atom. The molecule has 3 heterocycles. The van der Waals surface area contributed by atoms with Crippen LogP contribution in [0.15, 0.2) is 34.2 Å². The van der Waals surface area contributed by atoms with E-state index in [1.165, 1.54) is 27.1 Å². The zero-order valence-electron chi connectivity index (χ0n) is 15.9. The summed E-state index contributed by atoms with van der Waals surface area (Å²) in [6, 6.07) is 6.87. The molecule has 1 N–H and O–H groups in total. The summed E-state index contributed by atoms with van der Waals surface area (Å²) in [5.74, 6) is 0.594. The normalized spacial score (nSPS) is 18.4. The maximum Gasteiger partial charge on any atom is 0.261 e. The highest BCUT2D eigenvalue weighted by molar-refractivity contribution is 7.99. The van der Waals surface area contributed by atoms with Crippen molar-refractivity contribution in [3.8, 4) is 0 Å². The van der Waals surface area contributed by atoms with Crippen LogP contribution in [0.25, 0.3) is 10.2 Å². The minimum atomic E-state index is -0.261. The third kappa shape index (κ3) is 3.11. The number of aryl methyl sites for hydroxylation is 1. The number of aromatic amines is 1. The second-order valence-corrected chi connectivity index (χ2v) is 9.73. The summed E-state index contributed by atoms with van der Waals surface area (Å²) in [6.07, 6.45) is 3.06. The van der Waals surface area contributed by atoms with E-state index < -0.39 is 0 Å². The molecule has 8 heteroatoms. The van der Waals surface area contributed by atoms with Gasteiger partial charge in [0.25, 0.3) is 17.4 Å². The van der Waals surface area contributed by atoms with E-state index in [0.29, 0.717) is 28.0 Å². The number of nitrogens with zero attached hydrogens (tertiary/aromatic N) is 2. The van der Waals surface area contributed by atoms with Gasteiger partial charge in [-0.15, -0.1) is 11.3 Å². The van der Waals surface area contributed by atoms with Gasteiger partial charge in [0.05, 0.1) is 16.5 Å². The van der Waals surface area contributed by atoms with Crippen molar-refractivity contribution >= 4 is 45.1 Å². The molecule has 0 bridgehead atoms. The summed E-state index contributed by atoms with van der Waals surface area (Å²) < 4.78 is 0. The van der Waals surface area contributed by atoms with Gasteiger partial charge in [0.15, 0.2) is 5.16 Å². The summed E-state index contributed by atoms with van der Waals surface area (Å²) in [5.41, 5.74) is 1.98. The van der Waals surface area contributed by atoms with Crippen LogP contribution >= 0.6 is 23.1 Å². The standard InChI is InChI=1S/C21H19N3O3S2/c1-11-6-7-14-15(10-11)29-18-16(14)17(25)22-21(23-18)28-9-8-24-19(26)12-4-2-3-5-13(12)20(24)27/h2-5,11H,6-10H2,1H3,(H,22,23,25). The second-order valence-electron chi connectivity index (χ2n) is 7.56. The van der Waals surface area contributed by atoms with Crippen molar-refractivity contribution in [1.82, 2.24) is 14.9 Å². The first-order valence-electron chi connectivity index (χ1n) is 9.65. The monoisotopic (exact) mass is 425 g/mol. The van der Waals surface area contributed by atoms with E-state index in [1.54, 1.807) is 35.6 Å². The minimum absolute atomic E-state index is 0.0923. The first-order chi connectivity index (χ1) is 14.0. The van der Waals surface area contributed by atoms with Crippen molar-refractivity contribution in [2.75, 3.05) is 12.3 Å². The molecule has 0 saturated carbocycles. The van der Waals surface area contributed by atoms with Crippen LogP contribution in [0.2, 0.25) is 0 Å². The molecule has 148 valence electrons. The lowest BCUT2D eigenvalue weighted by molar-refractivity contribution is 0.0664. The number of rotatable bonds is 4. The molecule has 1 aliphatic carbocycles. The number of H-pyrrole nitrogens is 1. The van der Waals surface area contributed by atoms with Crippen molar-refractivity contribution in [3.63, 3.8) is 0 Å². The predicted octanol–water partition coefficient (Wildman–Crippen LogP) is 3.50. The van der Waals surface area contributed by atoms with Crippen LogP contribution in [-0.4, -0.2) is 39.0 Å². The predicted molar refractivity (Wildman–Crippen MR) is 114 cm³/mol. The van der Waals surface area contributed by atoms with Crippen molar-refractivity contribution in [1.29, 1.82) is 0 Å². The smallest absolute Gasteiger partial charge is 0.261 e. The fourth-order valence-corrected chi connectivity index (χ4v) is 6.30. The zero-order chi connectivity index (χ0) is 20.1. The number of thiophene rings is 1. The molecule has 5 rings (SSSR count). The fourth-order valence-electron chi connectivity index (χ4n) is 4.07. The maximum atomic E-state index is 12.7. The first-order valence-corrected chi connectivity index (χ1v) is 11.5. The fraction of sp³-hybridized carbons (Fsp3) is 0.333. The number of imide groups is 1. The van der Waals surface area contributed by atoms with Crippen LogP contribution in [0.5, 0.6) is 0 Å². The van der Waals surface area contributed by atoms with E-state index in [0.717, 1.165) is 29.5 Å². The average molecular weight is 426 g/mol. The summed E-state index contributed by atoms with van der Waals surface area (Å²) in [7, 11) is 0. The summed E-state index contributed by atoms with van der Waals surface area (Å²) in [6.45, 7) is 2.52. The molecule has 2 amide bonds. The van der Waals surface area contributed by atoms with Gasteiger partial charge >= 0.3 is 0 Å². The van der Waals surface area contributed by atoms with Crippen molar-refractivity contribution in [2.24, 2.45) is 5.92 Å². The Balaban J connectivity index is 1.33. The number of carbonyl (C=O) groups excluding carboxylic acids is 2. The zero-order valence-corrected chi connectivity index (χ0v) is 17.5. The topological polar surface area (TPSA) is 83.1 Å². The van der Waals surface area contributed by atoms with Crippen LogP contribution in [0.4, 0.5) is 0 Å². The van der Waals surface area contributed by atoms with Gasteiger partial charge in [-0.1, -0.05) is 30.8 Å². The van der Waals surface area contributed by atoms with E-state index in [4.69, 9.17) is 0 Å². The average Bonchev–Trinajstić information content (AvgIpc) is 3.18. The molecule has 1 atom stereocenters. The SMILES string of the molecule is CC1CCc2c(sc3nc(SCCN4C(=O)c5ccccc5C4=O)[nH]c(=O)c23)C1. The Hall–Kier alpha value is -2.45. The number of hydrogen-bond donors (Lipinski definition) is 1. The summed E-state index contributed by atoms with van der Waals surface area (Å²) >= 11 is 2.98. The van der Waals surface area contributed by atoms with E-state index in [1.807, 2.05) is 0 Å². The number of aromatic nitrogens is 2. The molecule has 0 fully saturated rings. The van der Waals surface area contributed by atoms with Gasteiger partial charge in [0.2, 0.25) is 0 Å². The molecule has 1 aromatic carbocycles. The van der Waals surface area contributed by atoms with E-state index in [-0.39, 0.29) is 23.9 Å². The van der Waals surface area contributed by atoms with Crippen LogP contribution in [0, 0.1) is 5.92 Å². The number of benzene rings is 1. The molecule has 2 aromatic heterocycles. The largest absolute Gasteiger partial charge is 0.301 e. The molecule has 0 saturated heterocycles. The first kappa shape index (κ1) is 18.6. The third-order valence-corrected chi connectivity index (χ3v) is 7.58. The van der Waals surface area contributed by atoms with Crippen molar-refractivity contribution < 1.29 is 9.59 Å². The van der Waals surface area contributed by atoms with Crippen molar-refractivity contribution in [2.45, 2.75) is 31.3 Å². The van der Waals surface area contributed by atoms with Gasteiger partial charge in [0.1, 0.15) is 4.83 Å². The molecule has 0 radical (unpaired) electrons. The summed E-state index contributed by atoms with van der Waals surface area (Å²) in [5, 5.41) is 1.27. The Labute approximate surface area is 175 Å². The Morgan fingerprint density at radius 3 is 2.66 bits per heavy atom. The van der Waals surface area contributed by atoms with Gasteiger partial charge in [-0.05, 0) is 42.9 Å². The van der Waals surface area contributed by atoms with Gasteiger partial charge in [-0.25, -0.2) is 4.98 Å². The highest BCUT2D eigenvalue weighted by atomic mass is 32.2. The quantitative estimate of drug-likeness (QED) is 0.393. The third-order valence-electron chi connectivity index (χ3n) is 5.58. The lowest BCUT2D eigenvalue weighted by Gasteiger charge is -2.17. The Morgan fingerprint density at radius 2 is 1.93 bits per heavy atom. The Bertz CT molecular complexity index is 1180. The van der Waals surface area contributed by atoms with Gasteiger partial charge < -0.3 is 4.98 Å². The van der Waals surface area contributed by atoms with E-state index in [2.05, 4.69) is 16.9 Å². The molecule has 2 aliphatic rings. The van der Waals surface area contributed by atoms with Crippen LogP contribution in [-0.2, 0) is 12.8 Å².